The molecule has 2 amide bonds. The van der Waals surface area contributed by atoms with Gasteiger partial charge in [-0.1, -0.05) is 53.6 Å². The number of likely N-dealkylation sites (tertiary alicyclic amines) is 1. The number of para-hydroxylation sites is 1. The van der Waals surface area contributed by atoms with Gasteiger partial charge >= 0.3 is 0 Å². The highest BCUT2D eigenvalue weighted by Crippen LogP contribution is 2.30. The zero-order valence-electron chi connectivity index (χ0n) is 25.4. The average Bonchev–Trinajstić information content (AvgIpc) is 3.08. The Balaban J connectivity index is 1.30. The SMILES string of the molecule is Cc1ccc(S(=O)(=O)N(Cc2ccc(Cl)cc2)c2ccccc2C(=O)N/N=C\c2ccc(OCC(=O)N3CCCCC3)cc2)cc1. The molecule has 5 rings (SSSR count). The summed E-state index contributed by atoms with van der Waals surface area (Å²) >= 11 is 6.07. The van der Waals surface area contributed by atoms with Gasteiger partial charge in [-0.3, -0.25) is 13.9 Å². The quantitative estimate of drug-likeness (QED) is 0.153. The van der Waals surface area contributed by atoms with Crippen molar-refractivity contribution in [1.82, 2.24) is 10.3 Å². The summed E-state index contributed by atoms with van der Waals surface area (Å²) < 4.78 is 34.9. The van der Waals surface area contributed by atoms with Gasteiger partial charge in [-0.05, 0) is 98.0 Å². The predicted molar refractivity (Wildman–Crippen MR) is 180 cm³/mol. The number of carbonyl (C=O) groups excluding carboxylic acids is 2. The summed E-state index contributed by atoms with van der Waals surface area (Å²) in [6.07, 6.45) is 4.67. The number of anilines is 1. The number of aryl methyl sites for hydroxylation is 1. The van der Waals surface area contributed by atoms with Crippen molar-refractivity contribution < 1.29 is 22.7 Å². The molecule has 238 valence electrons. The molecule has 46 heavy (non-hydrogen) atoms. The zero-order chi connectivity index (χ0) is 32.5. The number of nitrogens with zero attached hydrogens (tertiary/aromatic N) is 3. The van der Waals surface area contributed by atoms with E-state index in [2.05, 4.69) is 10.5 Å². The Morgan fingerprint density at radius 2 is 1.59 bits per heavy atom. The third-order valence-corrected chi connectivity index (χ3v) is 9.62. The molecule has 11 heteroatoms. The highest BCUT2D eigenvalue weighted by Gasteiger charge is 2.28. The van der Waals surface area contributed by atoms with E-state index in [9.17, 15) is 18.0 Å². The van der Waals surface area contributed by atoms with Gasteiger partial charge in [0, 0.05) is 18.1 Å². The fourth-order valence-corrected chi connectivity index (χ4v) is 6.63. The van der Waals surface area contributed by atoms with E-state index in [1.54, 1.807) is 97.1 Å². The number of sulfonamides is 1. The van der Waals surface area contributed by atoms with Crippen LogP contribution in [-0.2, 0) is 21.4 Å². The number of hydrogen-bond acceptors (Lipinski definition) is 6. The van der Waals surface area contributed by atoms with Crippen LogP contribution in [0, 0.1) is 6.92 Å². The second kappa shape index (κ2) is 15.1. The van der Waals surface area contributed by atoms with Crippen molar-refractivity contribution in [3.05, 3.63) is 124 Å². The van der Waals surface area contributed by atoms with Crippen LogP contribution in [0.25, 0.3) is 0 Å². The van der Waals surface area contributed by atoms with Crippen molar-refractivity contribution in [2.45, 2.75) is 37.6 Å². The molecule has 0 atom stereocenters. The van der Waals surface area contributed by atoms with Gasteiger partial charge in [0.2, 0.25) is 0 Å². The molecule has 1 aliphatic heterocycles. The molecule has 4 aromatic rings. The Kier molecular flexibility index (Phi) is 10.7. The molecule has 0 spiro atoms. The van der Waals surface area contributed by atoms with E-state index < -0.39 is 15.9 Å². The van der Waals surface area contributed by atoms with Crippen LogP contribution in [0.15, 0.2) is 107 Å². The fraction of sp³-hybridized carbons (Fsp3) is 0.229. The standard InChI is InChI=1S/C35H35ClN4O5S/c1-26-9-19-31(20-10-26)46(43,44)40(24-28-11-15-29(36)16-12-28)33-8-4-3-7-32(33)35(42)38-37-23-27-13-17-30(18-14-27)45-25-34(41)39-21-5-2-6-22-39/h3-4,7-20,23H,2,5-6,21-22,24-25H2,1H3,(H,38,42)/b37-23-. The second-order valence-electron chi connectivity index (χ2n) is 11.0. The third-order valence-electron chi connectivity index (χ3n) is 7.60. The molecule has 0 bridgehead atoms. The van der Waals surface area contributed by atoms with Crippen molar-refractivity contribution in [2.75, 3.05) is 24.0 Å². The lowest BCUT2D eigenvalue weighted by atomic mass is 10.1. The molecule has 0 unspecified atom stereocenters. The number of halogens is 1. The Morgan fingerprint density at radius 1 is 0.913 bits per heavy atom. The predicted octanol–water partition coefficient (Wildman–Crippen LogP) is 6.20. The van der Waals surface area contributed by atoms with Gasteiger partial charge < -0.3 is 9.64 Å². The number of piperidine rings is 1. The van der Waals surface area contributed by atoms with Crippen LogP contribution in [0.1, 0.15) is 46.3 Å². The fourth-order valence-electron chi connectivity index (χ4n) is 5.03. The number of benzene rings is 4. The van der Waals surface area contributed by atoms with Crippen molar-refractivity contribution in [3.63, 3.8) is 0 Å². The lowest BCUT2D eigenvalue weighted by Gasteiger charge is -2.26. The van der Waals surface area contributed by atoms with Gasteiger partial charge in [0.1, 0.15) is 5.75 Å². The van der Waals surface area contributed by atoms with E-state index in [0.717, 1.165) is 37.9 Å². The van der Waals surface area contributed by atoms with E-state index in [4.69, 9.17) is 16.3 Å². The highest BCUT2D eigenvalue weighted by molar-refractivity contribution is 7.92. The van der Waals surface area contributed by atoms with Gasteiger partial charge in [0.05, 0.1) is 28.9 Å². The Bertz CT molecular complexity index is 1790. The maximum absolute atomic E-state index is 14.0. The summed E-state index contributed by atoms with van der Waals surface area (Å²) in [4.78, 5) is 27.7. The third kappa shape index (κ3) is 8.32. The zero-order valence-corrected chi connectivity index (χ0v) is 27.0. The summed E-state index contributed by atoms with van der Waals surface area (Å²) in [5.74, 6) is -0.0500. The van der Waals surface area contributed by atoms with E-state index in [0.29, 0.717) is 21.9 Å². The Hall–Kier alpha value is -4.67. The van der Waals surface area contributed by atoms with Crippen LogP contribution in [0.4, 0.5) is 5.69 Å². The number of amides is 2. The van der Waals surface area contributed by atoms with Gasteiger partial charge in [-0.25, -0.2) is 13.8 Å². The van der Waals surface area contributed by atoms with E-state index >= 15 is 0 Å². The van der Waals surface area contributed by atoms with Crippen LogP contribution >= 0.6 is 11.6 Å². The lowest BCUT2D eigenvalue weighted by molar-refractivity contribution is -0.134. The molecule has 0 saturated carbocycles. The minimum absolute atomic E-state index is 0.0163. The number of hydrazone groups is 1. The van der Waals surface area contributed by atoms with Crippen molar-refractivity contribution >= 4 is 45.3 Å². The smallest absolute Gasteiger partial charge is 0.273 e. The number of rotatable bonds is 11. The van der Waals surface area contributed by atoms with Crippen LogP contribution in [0.2, 0.25) is 5.02 Å². The first-order valence-corrected chi connectivity index (χ1v) is 16.8. The normalized spacial score (nSPS) is 13.4. The molecule has 1 aliphatic rings. The van der Waals surface area contributed by atoms with Gasteiger partial charge in [-0.2, -0.15) is 5.10 Å². The minimum atomic E-state index is -4.07. The molecular weight excluding hydrogens is 624 g/mol. The summed E-state index contributed by atoms with van der Waals surface area (Å²) in [7, 11) is -4.07. The molecule has 1 fully saturated rings. The largest absolute Gasteiger partial charge is 0.484 e. The van der Waals surface area contributed by atoms with E-state index in [1.165, 1.54) is 10.5 Å². The summed E-state index contributed by atoms with van der Waals surface area (Å²) in [5.41, 5.74) is 5.15. The molecule has 0 aliphatic carbocycles. The molecular formula is C35H35ClN4O5S. The number of nitrogens with one attached hydrogen (secondary N) is 1. The van der Waals surface area contributed by atoms with Gasteiger partial charge in [0.25, 0.3) is 21.8 Å². The first-order valence-electron chi connectivity index (χ1n) is 15.0. The second-order valence-corrected chi connectivity index (χ2v) is 13.3. The summed E-state index contributed by atoms with van der Waals surface area (Å²) in [6, 6.07) is 26.9. The van der Waals surface area contributed by atoms with Crippen molar-refractivity contribution in [3.8, 4) is 5.75 Å². The van der Waals surface area contributed by atoms with E-state index in [1.807, 2.05) is 11.8 Å². The summed E-state index contributed by atoms with van der Waals surface area (Å²) in [5, 5.41) is 4.63. The molecule has 0 radical (unpaired) electrons. The molecule has 1 heterocycles. The van der Waals surface area contributed by atoms with E-state index in [-0.39, 0.29) is 35.2 Å². The molecule has 9 nitrogen and oxygen atoms in total. The first kappa shape index (κ1) is 32.7. The number of ether oxygens (including phenoxy) is 1. The molecule has 0 aromatic heterocycles. The Labute approximate surface area is 274 Å². The molecule has 4 aromatic carbocycles. The van der Waals surface area contributed by atoms with Crippen LogP contribution in [-0.4, -0.2) is 51.0 Å². The van der Waals surface area contributed by atoms with Crippen LogP contribution in [0.5, 0.6) is 5.75 Å². The van der Waals surface area contributed by atoms with Crippen LogP contribution < -0.4 is 14.5 Å². The van der Waals surface area contributed by atoms with Crippen molar-refractivity contribution in [1.29, 1.82) is 0 Å². The monoisotopic (exact) mass is 658 g/mol. The highest BCUT2D eigenvalue weighted by atomic mass is 35.5. The van der Waals surface area contributed by atoms with Gasteiger partial charge in [0.15, 0.2) is 6.61 Å². The lowest BCUT2D eigenvalue weighted by Crippen LogP contribution is -2.38. The number of carbonyl (C=O) groups is 2. The average molecular weight is 659 g/mol. The summed E-state index contributed by atoms with van der Waals surface area (Å²) in [6.45, 7) is 3.38. The van der Waals surface area contributed by atoms with Crippen molar-refractivity contribution in [2.24, 2.45) is 5.10 Å². The first-order chi connectivity index (χ1) is 22.2. The van der Waals surface area contributed by atoms with Gasteiger partial charge in [-0.15, -0.1) is 0 Å². The maximum atomic E-state index is 14.0. The van der Waals surface area contributed by atoms with Crippen LogP contribution in [0.3, 0.4) is 0 Å². The number of hydrogen-bond donors (Lipinski definition) is 1. The Morgan fingerprint density at radius 3 is 2.28 bits per heavy atom. The minimum Gasteiger partial charge on any atom is -0.484 e. The molecule has 1 saturated heterocycles. The molecule has 1 N–H and O–H groups in total. The topological polar surface area (TPSA) is 108 Å². The maximum Gasteiger partial charge on any atom is 0.273 e.